The SMILES string of the molecule is CN1C=CN(c2cc(N(c3ccccc3)c3cc(Oc4ccccn4)cc4c3oc3ccccc34)cc3c2oc2ccccc23)C1. The number of fused-ring (bicyclic) bond motifs is 6. The van der Waals surface area contributed by atoms with Crippen LogP contribution in [0.5, 0.6) is 11.6 Å². The summed E-state index contributed by atoms with van der Waals surface area (Å²) < 4.78 is 19.5. The van der Waals surface area contributed by atoms with Crippen molar-refractivity contribution in [2.45, 2.75) is 0 Å². The molecule has 0 aliphatic carbocycles. The lowest BCUT2D eigenvalue weighted by Crippen LogP contribution is -2.22. The van der Waals surface area contributed by atoms with Crippen LogP contribution in [0.15, 0.2) is 149 Å². The average molecular weight is 601 g/mol. The number of rotatable bonds is 6. The number of hydrogen-bond acceptors (Lipinski definition) is 7. The second-order valence-electron chi connectivity index (χ2n) is 11.5. The molecule has 0 saturated heterocycles. The molecule has 4 heterocycles. The van der Waals surface area contributed by atoms with Gasteiger partial charge in [-0.25, -0.2) is 4.98 Å². The lowest BCUT2D eigenvalue weighted by atomic mass is 10.1. The zero-order chi connectivity index (χ0) is 30.6. The molecule has 3 aromatic heterocycles. The van der Waals surface area contributed by atoms with Gasteiger partial charge in [0.2, 0.25) is 5.88 Å². The van der Waals surface area contributed by atoms with Gasteiger partial charge in [0.25, 0.3) is 0 Å². The molecule has 5 aromatic carbocycles. The van der Waals surface area contributed by atoms with E-state index in [0.717, 1.165) is 66.6 Å². The third kappa shape index (κ3) is 4.32. The first-order valence-electron chi connectivity index (χ1n) is 15.2. The van der Waals surface area contributed by atoms with E-state index in [2.05, 4.69) is 93.7 Å². The number of benzene rings is 5. The van der Waals surface area contributed by atoms with Crippen LogP contribution in [0.25, 0.3) is 43.9 Å². The lowest BCUT2D eigenvalue weighted by Gasteiger charge is -2.28. The van der Waals surface area contributed by atoms with E-state index in [9.17, 15) is 0 Å². The first-order chi connectivity index (χ1) is 22.7. The van der Waals surface area contributed by atoms with Crippen LogP contribution in [0.2, 0.25) is 0 Å². The Morgan fingerprint density at radius 3 is 2.07 bits per heavy atom. The number of ether oxygens (including phenoxy) is 1. The van der Waals surface area contributed by atoms with Crippen LogP contribution in [0.4, 0.5) is 22.7 Å². The Balaban J connectivity index is 1.35. The Hall–Kier alpha value is -6.21. The number of aromatic nitrogens is 1. The fraction of sp³-hybridized carbons (Fsp3) is 0.0513. The molecule has 222 valence electrons. The van der Waals surface area contributed by atoms with Crippen molar-refractivity contribution >= 4 is 66.6 Å². The molecule has 0 fully saturated rings. The molecule has 9 rings (SSSR count). The average Bonchev–Trinajstić information content (AvgIpc) is 3.81. The Labute approximate surface area is 264 Å². The summed E-state index contributed by atoms with van der Waals surface area (Å²) in [5.41, 5.74) is 7.03. The molecule has 46 heavy (non-hydrogen) atoms. The van der Waals surface area contributed by atoms with Crippen molar-refractivity contribution in [2.75, 3.05) is 23.5 Å². The van der Waals surface area contributed by atoms with Gasteiger partial charge in [-0.05, 0) is 48.5 Å². The fourth-order valence-electron chi connectivity index (χ4n) is 6.36. The largest absolute Gasteiger partial charge is 0.454 e. The van der Waals surface area contributed by atoms with Gasteiger partial charge in [-0.3, -0.25) is 0 Å². The first kappa shape index (κ1) is 26.2. The summed E-state index contributed by atoms with van der Waals surface area (Å²) in [6.45, 7) is 0.710. The summed E-state index contributed by atoms with van der Waals surface area (Å²) in [6, 6.07) is 40.8. The summed E-state index contributed by atoms with van der Waals surface area (Å²) in [5, 5.41) is 4.07. The predicted molar refractivity (Wildman–Crippen MR) is 184 cm³/mol. The first-order valence-corrected chi connectivity index (χ1v) is 15.2. The van der Waals surface area contributed by atoms with Gasteiger partial charge in [0.15, 0.2) is 11.2 Å². The summed E-state index contributed by atoms with van der Waals surface area (Å²) >= 11 is 0. The molecule has 0 unspecified atom stereocenters. The van der Waals surface area contributed by atoms with Crippen molar-refractivity contribution in [1.29, 1.82) is 0 Å². The highest BCUT2D eigenvalue weighted by Gasteiger charge is 2.25. The molecule has 0 bridgehead atoms. The third-order valence-corrected chi connectivity index (χ3v) is 8.44. The van der Waals surface area contributed by atoms with Crippen molar-refractivity contribution in [3.63, 3.8) is 0 Å². The van der Waals surface area contributed by atoms with Gasteiger partial charge < -0.3 is 28.3 Å². The molecular formula is C39H28N4O3. The van der Waals surface area contributed by atoms with Crippen LogP contribution < -0.4 is 14.5 Å². The van der Waals surface area contributed by atoms with Gasteiger partial charge in [0.05, 0.1) is 18.0 Å². The zero-order valence-electron chi connectivity index (χ0n) is 25.0. The minimum atomic E-state index is 0.519. The molecule has 0 radical (unpaired) electrons. The van der Waals surface area contributed by atoms with Crippen LogP contribution in [-0.2, 0) is 0 Å². The number of anilines is 4. The van der Waals surface area contributed by atoms with E-state index in [1.807, 2.05) is 66.7 Å². The Morgan fingerprint density at radius 1 is 0.652 bits per heavy atom. The van der Waals surface area contributed by atoms with E-state index in [4.69, 9.17) is 13.6 Å². The number of nitrogens with zero attached hydrogens (tertiary/aromatic N) is 4. The second-order valence-corrected chi connectivity index (χ2v) is 11.5. The molecule has 0 amide bonds. The zero-order valence-corrected chi connectivity index (χ0v) is 25.0. The highest BCUT2D eigenvalue weighted by molar-refractivity contribution is 6.13. The van der Waals surface area contributed by atoms with Gasteiger partial charge in [-0.15, -0.1) is 0 Å². The quantitative estimate of drug-likeness (QED) is 0.188. The normalized spacial score (nSPS) is 13.1. The Morgan fingerprint density at radius 2 is 1.35 bits per heavy atom. The van der Waals surface area contributed by atoms with E-state index in [1.165, 1.54) is 0 Å². The maximum Gasteiger partial charge on any atom is 0.219 e. The molecule has 7 nitrogen and oxygen atoms in total. The van der Waals surface area contributed by atoms with Gasteiger partial charge in [0.1, 0.15) is 16.9 Å². The van der Waals surface area contributed by atoms with Crippen LogP contribution in [0.1, 0.15) is 0 Å². The summed E-state index contributed by atoms with van der Waals surface area (Å²) in [5.74, 6) is 1.18. The van der Waals surface area contributed by atoms with E-state index in [0.29, 0.717) is 18.3 Å². The van der Waals surface area contributed by atoms with Crippen LogP contribution in [0.3, 0.4) is 0 Å². The number of furan rings is 2. The molecule has 1 aliphatic heterocycles. The summed E-state index contributed by atoms with van der Waals surface area (Å²) in [4.78, 5) is 11.0. The van der Waals surface area contributed by atoms with Crippen LogP contribution >= 0.6 is 0 Å². The number of hydrogen-bond donors (Lipinski definition) is 0. The van der Waals surface area contributed by atoms with Crippen molar-refractivity contribution < 1.29 is 13.6 Å². The lowest BCUT2D eigenvalue weighted by molar-refractivity contribution is 0.463. The Bertz CT molecular complexity index is 2410. The van der Waals surface area contributed by atoms with Gasteiger partial charge in [-0.1, -0.05) is 60.7 Å². The molecule has 8 aromatic rings. The summed E-state index contributed by atoms with van der Waals surface area (Å²) in [6.07, 6.45) is 5.90. The minimum Gasteiger partial charge on any atom is -0.454 e. The molecular weight excluding hydrogens is 572 g/mol. The topological polar surface area (TPSA) is 58.1 Å². The van der Waals surface area contributed by atoms with E-state index in [-0.39, 0.29) is 0 Å². The van der Waals surface area contributed by atoms with Crippen LogP contribution in [-0.4, -0.2) is 23.6 Å². The van der Waals surface area contributed by atoms with Crippen molar-refractivity contribution in [1.82, 2.24) is 9.88 Å². The molecule has 1 aliphatic rings. The molecule has 7 heteroatoms. The number of para-hydroxylation sites is 3. The fourth-order valence-corrected chi connectivity index (χ4v) is 6.36. The highest BCUT2D eigenvalue weighted by Crippen LogP contribution is 2.48. The smallest absolute Gasteiger partial charge is 0.219 e. The van der Waals surface area contributed by atoms with E-state index >= 15 is 0 Å². The molecule has 0 atom stereocenters. The van der Waals surface area contributed by atoms with Crippen molar-refractivity contribution in [3.8, 4) is 11.6 Å². The highest BCUT2D eigenvalue weighted by atomic mass is 16.5. The van der Waals surface area contributed by atoms with Crippen molar-refractivity contribution in [3.05, 3.63) is 140 Å². The van der Waals surface area contributed by atoms with Gasteiger partial charge in [-0.2, -0.15) is 0 Å². The third-order valence-electron chi connectivity index (χ3n) is 8.44. The predicted octanol–water partition coefficient (Wildman–Crippen LogP) is 10.3. The molecule has 0 saturated carbocycles. The standard InChI is InChI=1S/C39H28N4O3/c1-41-19-20-42(25-41)33-22-27(21-31-29-13-5-7-15-35(29)45-38(31)33)43(26-11-3-2-4-12-26)34-24-28(44-37-17-9-10-18-40-37)23-32-30-14-6-8-16-36(30)46-39(32)34/h2-24H,25H2,1H3. The van der Waals surface area contributed by atoms with Crippen molar-refractivity contribution in [2.24, 2.45) is 0 Å². The maximum atomic E-state index is 6.64. The second kappa shape index (κ2) is 10.5. The molecule has 0 spiro atoms. The van der Waals surface area contributed by atoms with Gasteiger partial charge >= 0.3 is 0 Å². The van der Waals surface area contributed by atoms with E-state index in [1.54, 1.807) is 6.20 Å². The number of pyridine rings is 1. The Kier molecular flexibility index (Phi) is 5.96. The monoisotopic (exact) mass is 600 g/mol. The van der Waals surface area contributed by atoms with E-state index < -0.39 is 0 Å². The minimum absolute atomic E-state index is 0.519. The summed E-state index contributed by atoms with van der Waals surface area (Å²) in [7, 11) is 2.07. The van der Waals surface area contributed by atoms with Gasteiger partial charge in [0, 0.05) is 70.7 Å². The maximum absolute atomic E-state index is 6.64. The van der Waals surface area contributed by atoms with Crippen LogP contribution in [0, 0.1) is 0 Å². The molecule has 0 N–H and O–H groups in total.